The first kappa shape index (κ1) is 14.1. The molecule has 0 saturated heterocycles. The number of hydrogen-bond acceptors (Lipinski definition) is 5. The topological polar surface area (TPSA) is 101 Å². The van der Waals surface area contributed by atoms with Gasteiger partial charge in [0.2, 0.25) is 0 Å². The lowest BCUT2D eigenvalue weighted by Crippen LogP contribution is -2.35. The third kappa shape index (κ3) is 3.52. The van der Waals surface area contributed by atoms with E-state index in [-0.39, 0.29) is 9.88 Å². The molecule has 0 spiro atoms. The number of amides is 1. The molecule has 0 aromatic carbocycles. The third-order valence-corrected chi connectivity index (χ3v) is 3.11. The predicted molar refractivity (Wildman–Crippen MR) is 64.8 cm³/mol. The third-order valence-electron chi connectivity index (χ3n) is 2.09. The average molecular weight is 272 g/mol. The van der Waals surface area contributed by atoms with E-state index >= 15 is 0 Å². The molecule has 0 aliphatic heterocycles. The normalized spacial score (nSPS) is 10.1. The number of carboxylic acids is 1. The number of nitrogens with zero attached hydrogens (tertiary/aromatic N) is 2. The number of hydrogen-bond donors (Lipinski definition) is 1. The van der Waals surface area contributed by atoms with E-state index < -0.39 is 23.3 Å². The zero-order valence-electron chi connectivity index (χ0n) is 9.66. The second-order valence-electron chi connectivity index (χ2n) is 3.52. The summed E-state index contributed by atoms with van der Waals surface area (Å²) >= 11 is 0.747. The molecule has 98 valence electrons. The Bertz CT molecular complexity index is 471. The molecule has 1 aromatic heterocycles. The number of nitro groups is 1. The van der Waals surface area contributed by atoms with Crippen molar-refractivity contribution < 1.29 is 19.6 Å². The number of aliphatic carboxylic acids is 1. The summed E-state index contributed by atoms with van der Waals surface area (Å²) < 4.78 is 0. The highest BCUT2D eigenvalue weighted by atomic mass is 32.1. The van der Waals surface area contributed by atoms with Gasteiger partial charge in [-0.25, -0.2) is 0 Å². The van der Waals surface area contributed by atoms with E-state index in [1.165, 1.54) is 12.1 Å². The van der Waals surface area contributed by atoms with Gasteiger partial charge in [0.25, 0.3) is 5.91 Å². The van der Waals surface area contributed by atoms with Gasteiger partial charge in [-0.1, -0.05) is 18.3 Å². The molecule has 0 unspecified atom stereocenters. The zero-order chi connectivity index (χ0) is 13.7. The van der Waals surface area contributed by atoms with Gasteiger partial charge in [0.15, 0.2) is 0 Å². The van der Waals surface area contributed by atoms with Crippen molar-refractivity contribution in [1.29, 1.82) is 0 Å². The van der Waals surface area contributed by atoms with Gasteiger partial charge in [-0.05, 0) is 12.5 Å². The van der Waals surface area contributed by atoms with Crippen LogP contribution in [0.2, 0.25) is 0 Å². The van der Waals surface area contributed by atoms with Gasteiger partial charge in [-0.2, -0.15) is 0 Å². The van der Waals surface area contributed by atoms with Crippen LogP contribution in [0.1, 0.15) is 23.0 Å². The van der Waals surface area contributed by atoms with Crippen LogP contribution < -0.4 is 0 Å². The summed E-state index contributed by atoms with van der Waals surface area (Å²) in [4.78, 5) is 33.9. The van der Waals surface area contributed by atoms with Crippen LogP contribution in [-0.2, 0) is 4.79 Å². The monoisotopic (exact) mass is 272 g/mol. The van der Waals surface area contributed by atoms with Crippen LogP contribution in [-0.4, -0.2) is 39.9 Å². The van der Waals surface area contributed by atoms with Gasteiger partial charge in [0.05, 0.1) is 9.80 Å². The van der Waals surface area contributed by atoms with Crippen molar-refractivity contribution in [3.63, 3.8) is 0 Å². The fourth-order valence-electron chi connectivity index (χ4n) is 1.38. The molecular formula is C10H12N2O5S. The maximum Gasteiger partial charge on any atom is 0.324 e. The maximum absolute atomic E-state index is 12.0. The highest BCUT2D eigenvalue weighted by molar-refractivity contribution is 7.17. The van der Waals surface area contributed by atoms with E-state index in [2.05, 4.69) is 0 Å². The molecule has 0 atom stereocenters. The minimum atomic E-state index is -1.11. The smallest absolute Gasteiger partial charge is 0.324 e. The van der Waals surface area contributed by atoms with Crippen molar-refractivity contribution in [2.24, 2.45) is 0 Å². The summed E-state index contributed by atoms with van der Waals surface area (Å²) in [5.74, 6) is -1.60. The molecule has 1 heterocycles. The summed E-state index contributed by atoms with van der Waals surface area (Å²) in [6.45, 7) is 1.72. The van der Waals surface area contributed by atoms with Gasteiger partial charge in [0, 0.05) is 12.6 Å². The lowest BCUT2D eigenvalue weighted by atomic mass is 10.3. The number of carboxylic acid groups (broad SMARTS) is 1. The molecule has 0 radical (unpaired) electrons. The Hall–Kier alpha value is -1.96. The molecule has 0 saturated carbocycles. The van der Waals surface area contributed by atoms with Crippen molar-refractivity contribution in [2.45, 2.75) is 13.3 Å². The van der Waals surface area contributed by atoms with Gasteiger partial charge in [-0.3, -0.25) is 19.7 Å². The summed E-state index contributed by atoms with van der Waals surface area (Å²) in [6, 6.07) is 2.58. The van der Waals surface area contributed by atoms with Gasteiger partial charge in [-0.15, -0.1) is 0 Å². The summed E-state index contributed by atoms with van der Waals surface area (Å²) in [6.07, 6.45) is 0.618. The predicted octanol–water partition coefficient (Wildman–Crippen LogP) is 1.59. The lowest BCUT2D eigenvalue weighted by Gasteiger charge is -2.18. The van der Waals surface area contributed by atoms with E-state index in [4.69, 9.17) is 5.11 Å². The first-order chi connectivity index (χ1) is 8.45. The van der Waals surface area contributed by atoms with E-state index in [1.54, 1.807) is 0 Å². The van der Waals surface area contributed by atoms with Gasteiger partial charge >= 0.3 is 11.0 Å². The Morgan fingerprint density at radius 2 is 2.17 bits per heavy atom. The molecule has 1 rings (SSSR count). The molecule has 0 aliphatic rings. The van der Waals surface area contributed by atoms with Crippen LogP contribution >= 0.6 is 11.3 Å². The molecule has 1 N–H and O–H groups in total. The molecule has 18 heavy (non-hydrogen) atoms. The zero-order valence-corrected chi connectivity index (χ0v) is 10.5. The molecule has 7 nitrogen and oxygen atoms in total. The minimum absolute atomic E-state index is 0.134. The van der Waals surface area contributed by atoms with Crippen LogP contribution in [0.4, 0.5) is 5.00 Å². The van der Waals surface area contributed by atoms with Gasteiger partial charge in [0.1, 0.15) is 6.54 Å². The van der Waals surface area contributed by atoms with E-state index in [0.717, 1.165) is 16.2 Å². The molecule has 0 aliphatic carbocycles. The van der Waals surface area contributed by atoms with Crippen molar-refractivity contribution in [3.05, 3.63) is 27.1 Å². The Balaban J connectivity index is 2.87. The fourth-order valence-corrected chi connectivity index (χ4v) is 2.17. The summed E-state index contributed by atoms with van der Waals surface area (Å²) in [5.41, 5.74) is 0. The summed E-state index contributed by atoms with van der Waals surface area (Å²) in [7, 11) is 0. The van der Waals surface area contributed by atoms with Crippen LogP contribution in [0.3, 0.4) is 0 Å². The molecule has 1 aromatic rings. The van der Waals surface area contributed by atoms with Crippen molar-refractivity contribution >= 4 is 28.2 Å². The maximum atomic E-state index is 12.0. The van der Waals surface area contributed by atoms with Crippen LogP contribution in [0.15, 0.2) is 12.1 Å². The van der Waals surface area contributed by atoms with Crippen molar-refractivity contribution in [3.8, 4) is 0 Å². The molecular weight excluding hydrogens is 260 g/mol. The first-order valence-electron chi connectivity index (χ1n) is 5.21. The molecule has 0 fully saturated rings. The number of rotatable bonds is 6. The molecule has 1 amide bonds. The van der Waals surface area contributed by atoms with Crippen molar-refractivity contribution in [2.75, 3.05) is 13.1 Å². The largest absolute Gasteiger partial charge is 0.480 e. The molecule has 0 bridgehead atoms. The Morgan fingerprint density at radius 1 is 1.50 bits per heavy atom. The Labute approximate surface area is 107 Å². The Morgan fingerprint density at radius 3 is 2.61 bits per heavy atom. The average Bonchev–Trinajstić information content (AvgIpc) is 2.76. The van der Waals surface area contributed by atoms with Crippen LogP contribution in [0.5, 0.6) is 0 Å². The SMILES string of the molecule is CCCN(CC(=O)O)C(=O)c1ccc([N+](=O)[O-])s1. The van der Waals surface area contributed by atoms with E-state index in [1.807, 2.05) is 6.92 Å². The van der Waals surface area contributed by atoms with E-state index in [9.17, 15) is 19.7 Å². The van der Waals surface area contributed by atoms with Crippen molar-refractivity contribution in [1.82, 2.24) is 4.90 Å². The summed E-state index contributed by atoms with van der Waals surface area (Å²) in [5, 5.41) is 19.1. The lowest BCUT2D eigenvalue weighted by molar-refractivity contribution is -0.380. The first-order valence-corrected chi connectivity index (χ1v) is 6.02. The van der Waals surface area contributed by atoms with Crippen LogP contribution in [0, 0.1) is 10.1 Å². The Kier molecular flexibility index (Phi) is 4.78. The number of carbonyl (C=O) groups excluding carboxylic acids is 1. The molecule has 8 heteroatoms. The standard InChI is InChI=1S/C10H12N2O5S/c1-2-5-11(6-9(13)14)10(15)7-3-4-8(18-7)12(16)17/h3-4H,2,5-6H2,1H3,(H,13,14). The van der Waals surface area contributed by atoms with Crippen LogP contribution in [0.25, 0.3) is 0 Å². The minimum Gasteiger partial charge on any atom is -0.480 e. The fraction of sp³-hybridized carbons (Fsp3) is 0.400. The highest BCUT2D eigenvalue weighted by Gasteiger charge is 2.21. The number of thiophene rings is 1. The second-order valence-corrected chi connectivity index (χ2v) is 4.58. The number of carbonyl (C=O) groups is 2. The quantitative estimate of drug-likeness (QED) is 0.626. The van der Waals surface area contributed by atoms with E-state index in [0.29, 0.717) is 13.0 Å². The second kappa shape index (κ2) is 6.10. The highest BCUT2D eigenvalue weighted by Crippen LogP contribution is 2.25. The van der Waals surface area contributed by atoms with Gasteiger partial charge < -0.3 is 10.0 Å².